The molecular formula is C27H28FNO4. The molecule has 3 rings (SSSR count). The fourth-order valence-electron chi connectivity index (χ4n) is 3.12. The van der Waals surface area contributed by atoms with Gasteiger partial charge in [-0.05, 0) is 80.4 Å². The van der Waals surface area contributed by atoms with Crippen molar-refractivity contribution in [2.75, 3.05) is 19.5 Å². The number of carbonyl (C=O) groups excluding carboxylic acids is 1. The van der Waals surface area contributed by atoms with Crippen LogP contribution in [0.1, 0.15) is 42.3 Å². The molecule has 0 radical (unpaired) electrons. The molecule has 0 spiro atoms. The summed E-state index contributed by atoms with van der Waals surface area (Å²) in [6.45, 7) is 5.45. The first-order chi connectivity index (χ1) is 15.7. The molecule has 172 valence electrons. The van der Waals surface area contributed by atoms with Gasteiger partial charge in [-0.3, -0.25) is 0 Å². The standard InChI is InChI=1S/C27H28FNO4/c1-27(2,3)33-26(30)22-14-8-18(16-23(22)29-21-12-10-20(28)11-13-21)6-7-19-9-15-24(31-4)25(17-19)32-5/h6-17,29H,1-5H3. The summed E-state index contributed by atoms with van der Waals surface area (Å²) in [6.07, 6.45) is 3.86. The SMILES string of the molecule is COc1ccc(C=Cc2ccc(C(=O)OC(C)(C)C)c(Nc3ccc(F)cc3)c2)cc1OC. The number of anilines is 2. The van der Waals surface area contributed by atoms with Crippen LogP contribution in [0.4, 0.5) is 15.8 Å². The molecule has 0 atom stereocenters. The van der Waals surface area contributed by atoms with E-state index in [9.17, 15) is 9.18 Å². The maximum Gasteiger partial charge on any atom is 0.340 e. The second kappa shape index (κ2) is 10.2. The summed E-state index contributed by atoms with van der Waals surface area (Å²) < 4.78 is 29.5. The number of hydrogen-bond acceptors (Lipinski definition) is 5. The number of nitrogens with one attached hydrogen (secondary N) is 1. The Balaban J connectivity index is 1.93. The van der Waals surface area contributed by atoms with Gasteiger partial charge >= 0.3 is 5.97 Å². The first kappa shape index (κ1) is 23.9. The third-order valence-corrected chi connectivity index (χ3v) is 4.66. The Labute approximate surface area is 193 Å². The fourth-order valence-corrected chi connectivity index (χ4v) is 3.12. The average molecular weight is 450 g/mol. The van der Waals surface area contributed by atoms with Gasteiger partial charge in [0.25, 0.3) is 0 Å². The number of carbonyl (C=O) groups is 1. The minimum Gasteiger partial charge on any atom is -0.493 e. The normalized spacial score (nSPS) is 11.3. The third-order valence-electron chi connectivity index (χ3n) is 4.66. The van der Waals surface area contributed by atoms with Crippen LogP contribution in [-0.4, -0.2) is 25.8 Å². The van der Waals surface area contributed by atoms with Crippen molar-refractivity contribution < 1.29 is 23.4 Å². The zero-order valence-corrected chi connectivity index (χ0v) is 19.4. The predicted octanol–water partition coefficient (Wildman–Crippen LogP) is 6.71. The van der Waals surface area contributed by atoms with E-state index >= 15 is 0 Å². The highest BCUT2D eigenvalue weighted by Crippen LogP contribution is 2.29. The average Bonchev–Trinajstić information content (AvgIpc) is 2.78. The molecular weight excluding hydrogens is 421 g/mol. The number of halogens is 1. The first-order valence-corrected chi connectivity index (χ1v) is 10.5. The molecule has 0 aliphatic carbocycles. The molecule has 3 aromatic rings. The van der Waals surface area contributed by atoms with Gasteiger partial charge in [-0.25, -0.2) is 9.18 Å². The highest BCUT2D eigenvalue weighted by Gasteiger charge is 2.20. The van der Waals surface area contributed by atoms with Gasteiger partial charge in [0, 0.05) is 5.69 Å². The largest absolute Gasteiger partial charge is 0.493 e. The summed E-state index contributed by atoms with van der Waals surface area (Å²) in [6, 6.07) is 17.0. The zero-order valence-electron chi connectivity index (χ0n) is 19.4. The number of rotatable bonds is 7. The van der Waals surface area contributed by atoms with Crippen LogP contribution in [-0.2, 0) is 4.74 Å². The molecule has 3 aromatic carbocycles. The van der Waals surface area contributed by atoms with E-state index in [1.54, 1.807) is 32.4 Å². The Morgan fingerprint density at radius 3 is 2.06 bits per heavy atom. The van der Waals surface area contributed by atoms with Crippen molar-refractivity contribution in [3.63, 3.8) is 0 Å². The molecule has 0 saturated carbocycles. The van der Waals surface area contributed by atoms with E-state index in [4.69, 9.17) is 14.2 Å². The Hall–Kier alpha value is -3.80. The highest BCUT2D eigenvalue weighted by atomic mass is 19.1. The summed E-state index contributed by atoms with van der Waals surface area (Å²) >= 11 is 0. The summed E-state index contributed by atoms with van der Waals surface area (Å²) in [5.74, 6) is 0.516. The van der Waals surface area contributed by atoms with Crippen LogP contribution in [0, 0.1) is 5.82 Å². The molecule has 0 fully saturated rings. The molecule has 0 aliphatic rings. The topological polar surface area (TPSA) is 56.8 Å². The Morgan fingerprint density at radius 1 is 0.848 bits per heavy atom. The summed E-state index contributed by atoms with van der Waals surface area (Å²) in [4.78, 5) is 12.8. The van der Waals surface area contributed by atoms with Crippen LogP contribution in [0.25, 0.3) is 12.2 Å². The van der Waals surface area contributed by atoms with Gasteiger partial charge in [0.15, 0.2) is 11.5 Å². The Kier molecular flexibility index (Phi) is 7.38. The van der Waals surface area contributed by atoms with Crippen molar-refractivity contribution in [3.05, 3.63) is 83.2 Å². The number of ether oxygens (including phenoxy) is 3. The van der Waals surface area contributed by atoms with Crippen molar-refractivity contribution in [2.24, 2.45) is 0 Å². The summed E-state index contributed by atoms with van der Waals surface area (Å²) in [7, 11) is 3.18. The van der Waals surface area contributed by atoms with Crippen molar-refractivity contribution in [2.45, 2.75) is 26.4 Å². The van der Waals surface area contributed by atoms with E-state index in [0.29, 0.717) is 28.4 Å². The third kappa shape index (κ3) is 6.59. The number of esters is 1. The molecule has 0 bridgehead atoms. The van der Waals surface area contributed by atoms with Gasteiger partial charge in [-0.15, -0.1) is 0 Å². The van der Waals surface area contributed by atoms with E-state index < -0.39 is 11.6 Å². The van der Waals surface area contributed by atoms with E-state index in [-0.39, 0.29) is 5.82 Å². The molecule has 0 aromatic heterocycles. The van der Waals surface area contributed by atoms with Crippen molar-refractivity contribution in [3.8, 4) is 11.5 Å². The summed E-state index contributed by atoms with van der Waals surface area (Å²) in [5.41, 5.74) is 2.76. The molecule has 0 heterocycles. The quantitative estimate of drug-likeness (QED) is 0.321. The fraction of sp³-hybridized carbons (Fsp3) is 0.222. The van der Waals surface area contributed by atoms with Crippen LogP contribution in [0.2, 0.25) is 0 Å². The second-order valence-corrected chi connectivity index (χ2v) is 8.39. The summed E-state index contributed by atoms with van der Waals surface area (Å²) in [5, 5.41) is 3.20. The second-order valence-electron chi connectivity index (χ2n) is 8.39. The monoisotopic (exact) mass is 449 g/mol. The lowest BCUT2D eigenvalue weighted by molar-refractivity contribution is 0.00707. The lowest BCUT2D eigenvalue weighted by Gasteiger charge is -2.21. The van der Waals surface area contributed by atoms with E-state index in [2.05, 4.69) is 5.32 Å². The minimum atomic E-state index is -0.629. The van der Waals surface area contributed by atoms with E-state index in [1.165, 1.54) is 12.1 Å². The van der Waals surface area contributed by atoms with Crippen LogP contribution in [0.15, 0.2) is 60.7 Å². The number of methoxy groups -OCH3 is 2. The molecule has 33 heavy (non-hydrogen) atoms. The van der Waals surface area contributed by atoms with Crippen LogP contribution < -0.4 is 14.8 Å². The van der Waals surface area contributed by atoms with Gasteiger partial charge < -0.3 is 19.5 Å². The number of hydrogen-bond donors (Lipinski definition) is 1. The number of benzene rings is 3. The first-order valence-electron chi connectivity index (χ1n) is 10.5. The zero-order chi connectivity index (χ0) is 24.0. The molecule has 0 aliphatic heterocycles. The maximum atomic E-state index is 13.3. The van der Waals surface area contributed by atoms with Gasteiger partial charge in [0.2, 0.25) is 0 Å². The Bertz CT molecular complexity index is 1150. The predicted molar refractivity (Wildman–Crippen MR) is 130 cm³/mol. The van der Waals surface area contributed by atoms with Crippen molar-refractivity contribution >= 4 is 29.5 Å². The van der Waals surface area contributed by atoms with Crippen molar-refractivity contribution in [1.82, 2.24) is 0 Å². The highest BCUT2D eigenvalue weighted by molar-refractivity contribution is 5.97. The van der Waals surface area contributed by atoms with E-state index in [0.717, 1.165) is 11.1 Å². The molecule has 5 nitrogen and oxygen atoms in total. The maximum absolute atomic E-state index is 13.3. The van der Waals surface area contributed by atoms with Crippen molar-refractivity contribution in [1.29, 1.82) is 0 Å². The lowest BCUT2D eigenvalue weighted by atomic mass is 10.1. The van der Waals surface area contributed by atoms with Crippen LogP contribution >= 0.6 is 0 Å². The van der Waals surface area contributed by atoms with Crippen LogP contribution in [0.3, 0.4) is 0 Å². The van der Waals surface area contributed by atoms with Crippen LogP contribution in [0.5, 0.6) is 11.5 Å². The molecule has 0 unspecified atom stereocenters. The van der Waals surface area contributed by atoms with Gasteiger partial charge in [-0.2, -0.15) is 0 Å². The molecule has 0 saturated heterocycles. The molecule has 6 heteroatoms. The minimum absolute atomic E-state index is 0.334. The van der Waals surface area contributed by atoms with Gasteiger partial charge in [0.1, 0.15) is 11.4 Å². The smallest absolute Gasteiger partial charge is 0.340 e. The lowest BCUT2D eigenvalue weighted by Crippen LogP contribution is -2.24. The van der Waals surface area contributed by atoms with Gasteiger partial charge in [-0.1, -0.05) is 24.3 Å². The van der Waals surface area contributed by atoms with Gasteiger partial charge in [0.05, 0.1) is 25.5 Å². The molecule has 1 N–H and O–H groups in total. The Morgan fingerprint density at radius 2 is 1.45 bits per heavy atom. The van der Waals surface area contributed by atoms with E-state index in [1.807, 2.05) is 63.3 Å². The molecule has 0 amide bonds.